The van der Waals surface area contributed by atoms with E-state index in [0.717, 1.165) is 17.1 Å². The lowest BCUT2D eigenvalue weighted by Gasteiger charge is -2.29. The zero-order valence-corrected chi connectivity index (χ0v) is 15.2. The molecule has 1 aliphatic rings. The predicted octanol–water partition coefficient (Wildman–Crippen LogP) is 6.09. The number of allylic oxidation sites excluding steroid dienone is 4. The summed E-state index contributed by atoms with van der Waals surface area (Å²) in [5.41, 5.74) is 5.84. The highest BCUT2D eigenvalue weighted by Crippen LogP contribution is 2.46. The first-order chi connectivity index (χ1) is 9.64. The maximum absolute atomic E-state index is 6.76. The largest absolute Gasteiger partial charge is 0.375 e. The molecule has 114 valence electrons. The molecule has 0 saturated heterocycles. The van der Waals surface area contributed by atoms with Gasteiger partial charge in [-0.1, -0.05) is 56.1 Å². The van der Waals surface area contributed by atoms with E-state index in [0.29, 0.717) is 5.02 Å². The molecule has 0 spiro atoms. The van der Waals surface area contributed by atoms with Crippen LogP contribution in [0.5, 0.6) is 0 Å². The third-order valence-electron chi connectivity index (χ3n) is 3.88. The van der Waals surface area contributed by atoms with Crippen molar-refractivity contribution >= 4 is 34.5 Å². The zero-order valence-electron chi connectivity index (χ0n) is 13.6. The third kappa shape index (κ3) is 3.00. The first kappa shape index (κ1) is 16.5. The quantitative estimate of drug-likeness (QED) is 0.636. The fraction of sp³-hybridized carbons (Fsp3) is 0.444. The van der Waals surface area contributed by atoms with Crippen LogP contribution in [0.4, 0.5) is 5.69 Å². The van der Waals surface area contributed by atoms with Crippen LogP contribution in [0, 0.1) is 0 Å². The van der Waals surface area contributed by atoms with Crippen molar-refractivity contribution in [1.29, 1.82) is 0 Å². The Morgan fingerprint density at radius 1 is 1.14 bits per heavy atom. The number of nitrogens with zero attached hydrogens (tertiary/aromatic N) is 1. The molecular weight excluding hydrogens is 301 g/mol. The van der Waals surface area contributed by atoms with Gasteiger partial charge in [-0.05, 0) is 47.1 Å². The average Bonchev–Trinajstić information content (AvgIpc) is 2.71. The van der Waals surface area contributed by atoms with Gasteiger partial charge in [-0.25, -0.2) is 0 Å². The topological polar surface area (TPSA) is 3.24 Å². The molecule has 1 aliphatic carbocycles. The van der Waals surface area contributed by atoms with E-state index in [1.165, 1.54) is 22.3 Å². The normalized spacial score (nSPS) is 15.0. The van der Waals surface area contributed by atoms with Gasteiger partial charge < -0.3 is 4.90 Å². The second kappa shape index (κ2) is 5.70. The molecule has 1 aromatic carbocycles. The fourth-order valence-electron chi connectivity index (χ4n) is 2.93. The highest BCUT2D eigenvalue weighted by molar-refractivity contribution is 6.40. The molecule has 0 unspecified atom stereocenters. The minimum Gasteiger partial charge on any atom is -0.375 e. The highest BCUT2D eigenvalue weighted by Gasteiger charge is 2.28. The van der Waals surface area contributed by atoms with Crippen LogP contribution in [-0.2, 0) is 5.41 Å². The SMILES string of the molecule is CC1=C(c2cc(Cl)c(N(C)C)c(Cl)c2C(C)(C)C)CC=C1. The Labute approximate surface area is 138 Å². The number of benzene rings is 1. The smallest absolute Gasteiger partial charge is 0.0743 e. The number of hydrogen-bond acceptors (Lipinski definition) is 1. The predicted molar refractivity (Wildman–Crippen MR) is 95.8 cm³/mol. The second-order valence-corrected chi connectivity index (χ2v) is 7.64. The van der Waals surface area contributed by atoms with Crippen LogP contribution < -0.4 is 4.90 Å². The Kier molecular flexibility index (Phi) is 4.46. The maximum atomic E-state index is 6.76. The van der Waals surface area contributed by atoms with Crippen LogP contribution in [0.3, 0.4) is 0 Å². The van der Waals surface area contributed by atoms with Crippen LogP contribution in [0.1, 0.15) is 45.2 Å². The molecular formula is C18H23Cl2N. The lowest BCUT2D eigenvalue weighted by molar-refractivity contribution is 0.588. The Morgan fingerprint density at radius 3 is 2.19 bits per heavy atom. The second-order valence-electron chi connectivity index (χ2n) is 6.86. The van der Waals surface area contributed by atoms with Gasteiger partial charge in [0, 0.05) is 14.1 Å². The Morgan fingerprint density at radius 2 is 1.76 bits per heavy atom. The molecule has 21 heavy (non-hydrogen) atoms. The molecule has 0 bridgehead atoms. The number of rotatable bonds is 2. The molecule has 0 radical (unpaired) electrons. The van der Waals surface area contributed by atoms with Crippen LogP contribution >= 0.6 is 23.2 Å². The van der Waals surface area contributed by atoms with E-state index in [1.807, 2.05) is 19.0 Å². The number of anilines is 1. The molecule has 0 N–H and O–H groups in total. The van der Waals surface area contributed by atoms with E-state index >= 15 is 0 Å². The molecule has 0 atom stereocenters. The van der Waals surface area contributed by atoms with E-state index in [2.05, 4.69) is 45.9 Å². The zero-order chi connectivity index (χ0) is 15.9. The standard InChI is InChI=1S/C18H23Cl2N/c1-11-8-7-9-12(11)13-10-14(19)17(21(5)6)16(20)15(13)18(2,3)4/h7-8,10H,9H2,1-6H3. The summed E-state index contributed by atoms with van der Waals surface area (Å²) in [4.78, 5) is 1.98. The van der Waals surface area contributed by atoms with Crippen LogP contribution in [-0.4, -0.2) is 14.1 Å². The lowest BCUT2D eigenvalue weighted by atomic mass is 9.80. The summed E-state index contributed by atoms with van der Waals surface area (Å²) in [7, 11) is 3.95. The number of hydrogen-bond donors (Lipinski definition) is 0. The van der Waals surface area contributed by atoms with Gasteiger partial charge in [0.25, 0.3) is 0 Å². The Balaban J connectivity index is 2.80. The van der Waals surface area contributed by atoms with Crippen molar-refractivity contribution in [2.75, 3.05) is 19.0 Å². The molecule has 0 heterocycles. The minimum absolute atomic E-state index is 0.0440. The lowest BCUT2D eigenvalue weighted by Crippen LogP contribution is -2.18. The molecule has 0 amide bonds. The van der Waals surface area contributed by atoms with Gasteiger partial charge in [-0.15, -0.1) is 0 Å². The molecule has 0 saturated carbocycles. The maximum Gasteiger partial charge on any atom is 0.0743 e. The van der Waals surface area contributed by atoms with Crippen molar-refractivity contribution in [1.82, 2.24) is 0 Å². The fourth-order valence-corrected chi connectivity index (χ4v) is 4.00. The first-order valence-corrected chi connectivity index (χ1v) is 7.96. The number of halogens is 2. The summed E-state index contributed by atoms with van der Waals surface area (Å²) < 4.78 is 0. The molecule has 2 rings (SSSR count). The van der Waals surface area contributed by atoms with Gasteiger partial charge in [-0.2, -0.15) is 0 Å². The van der Waals surface area contributed by atoms with E-state index in [9.17, 15) is 0 Å². The summed E-state index contributed by atoms with van der Waals surface area (Å²) in [6, 6.07) is 2.08. The molecule has 3 heteroatoms. The van der Waals surface area contributed by atoms with Gasteiger partial charge in [-0.3, -0.25) is 0 Å². The molecule has 1 aromatic rings. The van der Waals surface area contributed by atoms with Crippen LogP contribution in [0.25, 0.3) is 5.57 Å². The third-order valence-corrected chi connectivity index (χ3v) is 4.54. The van der Waals surface area contributed by atoms with Gasteiger partial charge in [0.2, 0.25) is 0 Å². The molecule has 0 aromatic heterocycles. The minimum atomic E-state index is -0.0440. The highest BCUT2D eigenvalue weighted by atomic mass is 35.5. The van der Waals surface area contributed by atoms with E-state index < -0.39 is 0 Å². The van der Waals surface area contributed by atoms with Crippen molar-refractivity contribution in [2.24, 2.45) is 0 Å². The van der Waals surface area contributed by atoms with Crippen molar-refractivity contribution in [3.8, 4) is 0 Å². The summed E-state index contributed by atoms with van der Waals surface area (Å²) in [6.45, 7) is 8.74. The van der Waals surface area contributed by atoms with Crippen LogP contribution in [0.15, 0.2) is 23.8 Å². The molecule has 0 aliphatic heterocycles. The molecule has 0 fully saturated rings. The summed E-state index contributed by atoms with van der Waals surface area (Å²) in [5.74, 6) is 0. The van der Waals surface area contributed by atoms with E-state index in [4.69, 9.17) is 23.2 Å². The summed E-state index contributed by atoms with van der Waals surface area (Å²) in [6.07, 6.45) is 5.31. The summed E-state index contributed by atoms with van der Waals surface area (Å²) >= 11 is 13.3. The van der Waals surface area contributed by atoms with Gasteiger partial charge >= 0.3 is 0 Å². The Bertz CT molecular complexity index is 632. The average molecular weight is 324 g/mol. The van der Waals surface area contributed by atoms with Crippen molar-refractivity contribution in [3.63, 3.8) is 0 Å². The van der Waals surface area contributed by atoms with E-state index in [-0.39, 0.29) is 5.41 Å². The first-order valence-electron chi connectivity index (χ1n) is 7.21. The monoisotopic (exact) mass is 323 g/mol. The van der Waals surface area contributed by atoms with Gasteiger partial charge in [0.15, 0.2) is 0 Å². The van der Waals surface area contributed by atoms with Gasteiger partial charge in [0.05, 0.1) is 15.7 Å². The Hall–Kier alpha value is -0.920. The molecule has 1 nitrogen and oxygen atoms in total. The van der Waals surface area contributed by atoms with Crippen LogP contribution in [0.2, 0.25) is 10.0 Å². The van der Waals surface area contributed by atoms with Crippen molar-refractivity contribution < 1.29 is 0 Å². The van der Waals surface area contributed by atoms with E-state index in [1.54, 1.807) is 0 Å². The van der Waals surface area contributed by atoms with Crippen molar-refractivity contribution in [3.05, 3.63) is 45.0 Å². The van der Waals surface area contributed by atoms with Gasteiger partial charge in [0.1, 0.15) is 0 Å². The van der Waals surface area contributed by atoms with Crippen molar-refractivity contribution in [2.45, 2.75) is 39.5 Å². The summed E-state index contributed by atoms with van der Waals surface area (Å²) in [5, 5.41) is 1.47.